The molecule has 1 aliphatic carbocycles. The zero-order chi connectivity index (χ0) is 10.1. The Hall–Kier alpha value is -0.510. The van der Waals surface area contributed by atoms with Crippen LogP contribution in [0.25, 0.3) is 0 Å². The number of nitrogens with zero attached hydrogens (tertiary/aromatic N) is 1. The molecule has 2 unspecified atom stereocenters. The zero-order valence-corrected chi connectivity index (χ0v) is 9.18. The van der Waals surface area contributed by atoms with Gasteiger partial charge in [0.05, 0.1) is 0 Å². The van der Waals surface area contributed by atoms with Gasteiger partial charge in [-0.3, -0.25) is 9.59 Å². The molecule has 0 spiro atoms. The van der Waals surface area contributed by atoms with E-state index in [9.17, 15) is 9.59 Å². The molecular weight excluding hydrogens is 198 g/mol. The van der Waals surface area contributed by atoms with Gasteiger partial charge < -0.3 is 4.90 Å². The van der Waals surface area contributed by atoms with Gasteiger partial charge in [-0.25, -0.2) is 0 Å². The lowest BCUT2D eigenvalue weighted by Crippen LogP contribution is -2.43. The van der Waals surface area contributed by atoms with E-state index in [1.165, 1.54) is 11.8 Å². The van der Waals surface area contributed by atoms with Crippen molar-refractivity contribution in [3.05, 3.63) is 0 Å². The molecule has 4 heteroatoms. The van der Waals surface area contributed by atoms with Crippen molar-refractivity contribution in [1.29, 1.82) is 0 Å². The van der Waals surface area contributed by atoms with Crippen molar-refractivity contribution < 1.29 is 9.59 Å². The normalized spacial score (nSPS) is 33.9. The van der Waals surface area contributed by atoms with Gasteiger partial charge in [-0.2, -0.15) is 0 Å². The van der Waals surface area contributed by atoms with Crippen LogP contribution in [0, 0.1) is 5.92 Å². The minimum absolute atomic E-state index is 0.163. The third-order valence-corrected chi connectivity index (χ3v) is 4.03. The van der Waals surface area contributed by atoms with Crippen LogP contribution in [0.1, 0.15) is 26.2 Å². The molecule has 0 radical (unpaired) electrons. The van der Waals surface area contributed by atoms with Gasteiger partial charge in [0.1, 0.15) is 5.78 Å². The first-order valence-electron chi connectivity index (χ1n) is 5.13. The Bertz CT molecular complexity index is 267. The smallest absolute Gasteiger partial charge is 0.281 e. The van der Waals surface area contributed by atoms with Gasteiger partial charge in [0.2, 0.25) is 0 Å². The molecule has 2 fully saturated rings. The maximum Gasteiger partial charge on any atom is 0.281 e. The summed E-state index contributed by atoms with van der Waals surface area (Å²) < 4.78 is 0. The van der Waals surface area contributed by atoms with Crippen LogP contribution in [0.5, 0.6) is 0 Å². The Morgan fingerprint density at radius 2 is 2.21 bits per heavy atom. The first-order chi connectivity index (χ1) is 6.68. The number of thioether (sulfide) groups is 1. The number of amides is 1. The minimum Gasteiger partial charge on any atom is -0.329 e. The molecule has 1 saturated heterocycles. The monoisotopic (exact) mass is 213 g/mol. The number of hydrogen-bond acceptors (Lipinski definition) is 3. The molecule has 1 amide bonds. The number of ketones is 1. The first-order valence-corrected chi connectivity index (χ1v) is 6.12. The predicted molar refractivity (Wildman–Crippen MR) is 56.4 cm³/mol. The van der Waals surface area contributed by atoms with Crippen molar-refractivity contribution in [2.24, 2.45) is 5.92 Å². The van der Waals surface area contributed by atoms with Crippen molar-refractivity contribution in [3.8, 4) is 0 Å². The summed E-state index contributed by atoms with van der Waals surface area (Å²) in [6, 6.07) is 0.179. The quantitative estimate of drug-likeness (QED) is 0.667. The second kappa shape index (κ2) is 3.93. The van der Waals surface area contributed by atoms with Gasteiger partial charge in [0, 0.05) is 31.2 Å². The molecule has 1 heterocycles. The Labute approximate surface area is 88.2 Å². The van der Waals surface area contributed by atoms with Gasteiger partial charge >= 0.3 is 0 Å². The molecule has 0 bridgehead atoms. The van der Waals surface area contributed by atoms with Crippen LogP contribution in [0.2, 0.25) is 0 Å². The third-order valence-electron chi connectivity index (χ3n) is 3.16. The summed E-state index contributed by atoms with van der Waals surface area (Å²) in [4.78, 5) is 24.7. The fraction of sp³-hybridized carbons (Fsp3) is 0.800. The average molecular weight is 213 g/mol. The van der Waals surface area contributed by atoms with Crippen molar-refractivity contribution in [3.63, 3.8) is 0 Å². The van der Waals surface area contributed by atoms with Gasteiger partial charge in [-0.15, -0.1) is 0 Å². The summed E-state index contributed by atoms with van der Waals surface area (Å²) in [5, 5.41) is 0.163. The number of hydrogen-bond donors (Lipinski definition) is 0. The zero-order valence-electron chi connectivity index (χ0n) is 8.36. The fourth-order valence-electron chi connectivity index (χ4n) is 2.24. The summed E-state index contributed by atoms with van der Waals surface area (Å²) in [5.41, 5.74) is 0. The van der Waals surface area contributed by atoms with E-state index in [1.807, 2.05) is 4.90 Å². The Morgan fingerprint density at radius 3 is 2.86 bits per heavy atom. The highest BCUT2D eigenvalue weighted by Crippen LogP contribution is 2.31. The molecule has 2 atom stereocenters. The van der Waals surface area contributed by atoms with Crippen LogP contribution in [-0.2, 0) is 4.79 Å². The van der Waals surface area contributed by atoms with E-state index >= 15 is 0 Å². The van der Waals surface area contributed by atoms with Crippen LogP contribution >= 0.6 is 11.8 Å². The average Bonchev–Trinajstić information content (AvgIpc) is 2.56. The largest absolute Gasteiger partial charge is 0.329 e. The maximum atomic E-state index is 11.5. The second-order valence-electron chi connectivity index (χ2n) is 4.13. The number of rotatable bonds is 1. The lowest BCUT2D eigenvalue weighted by molar-refractivity contribution is -0.122. The standard InChI is InChI=1S/C10H15NO2S/c1-7-2-3-8(12)6-9(7)11-4-5-14-10(11)13/h7,9H,2-6H2,1H3. The lowest BCUT2D eigenvalue weighted by atomic mass is 9.84. The van der Waals surface area contributed by atoms with Gasteiger partial charge in [0.15, 0.2) is 0 Å². The third kappa shape index (κ3) is 1.80. The molecule has 0 aromatic heterocycles. The molecule has 0 aromatic rings. The highest BCUT2D eigenvalue weighted by molar-refractivity contribution is 8.13. The lowest BCUT2D eigenvalue weighted by Gasteiger charge is -2.34. The summed E-state index contributed by atoms with van der Waals surface area (Å²) in [6.45, 7) is 2.97. The van der Waals surface area contributed by atoms with Gasteiger partial charge in [-0.05, 0) is 12.3 Å². The predicted octanol–water partition coefficient (Wildman–Crippen LogP) is 1.91. The molecule has 0 N–H and O–H groups in total. The first kappa shape index (κ1) is 10.0. The summed E-state index contributed by atoms with van der Waals surface area (Å²) in [6.07, 6.45) is 2.22. The molecule has 78 valence electrons. The van der Waals surface area contributed by atoms with E-state index in [0.717, 1.165) is 18.7 Å². The minimum atomic E-state index is 0.163. The van der Waals surface area contributed by atoms with Crippen molar-refractivity contribution in [1.82, 2.24) is 4.90 Å². The van der Waals surface area contributed by atoms with E-state index < -0.39 is 0 Å². The highest BCUT2D eigenvalue weighted by Gasteiger charge is 2.35. The van der Waals surface area contributed by atoms with Crippen LogP contribution in [0.3, 0.4) is 0 Å². The number of carbonyl (C=O) groups is 2. The van der Waals surface area contributed by atoms with E-state index in [4.69, 9.17) is 0 Å². The van der Waals surface area contributed by atoms with E-state index in [0.29, 0.717) is 24.5 Å². The van der Waals surface area contributed by atoms with Crippen molar-refractivity contribution >= 4 is 22.8 Å². The van der Waals surface area contributed by atoms with Gasteiger partial charge in [0.25, 0.3) is 5.24 Å². The summed E-state index contributed by atoms with van der Waals surface area (Å²) >= 11 is 1.38. The van der Waals surface area contributed by atoms with Crippen molar-refractivity contribution in [2.45, 2.75) is 32.2 Å². The molecule has 1 saturated carbocycles. The van der Waals surface area contributed by atoms with E-state index in [2.05, 4.69) is 6.92 Å². The molecule has 2 rings (SSSR count). The molecular formula is C10H15NO2S. The van der Waals surface area contributed by atoms with Crippen LogP contribution < -0.4 is 0 Å². The van der Waals surface area contributed by atoms with Gasteiger partial charge in [-0.1, -0.05) is 18.7 Å². The second-order valence-corrected chi connectivity index (χ2v) is 5.18. The molecule has 3 nitrogen and oxygen atoms in total. The number of Topliss-reactive ketones (excluding diaryl/α,β-unsaturated/α-hetero) is 1. The van der Waals surface area contributed by atoms with E-state index in [1.54, 1.807) is 0 Å². The van der Waals surface area contributed by atoms with Crippen LogP contribution in [0.15, 0.2) is 0 Å². The summed E-state index contributed by atoms with van der Waals surface area (Å²) in [7, 11) is 0. The van der Waals surface area contributed by atoms with Crippen LogP contribution in [0.4, 0.5) is 4.79 Å². The Morgan fingerprint density at radius 1 is 1.43 bits per heavy atom. The maximum absolute atomic E-state index is 11.5. The number of carbonyl (C=O) groups excluding carboxylic acids is 2. The topological polar surface area (TPSA) is 37.4 Å². The van der Waals surface area contributed by atoms with Crippen LogP contribution in [-0.4, -0.2) is 34.3 Å². The SMILES string of the molecule is CC1CCC(=O)CC1N1CCSC1=O. The molecule has 14 heavy (non-hydrogen) atoms. The molecule has 2 aliphatic rings. The Balaban J connectivity index is 2.07. The highest BCUT2D eigenvalue weighted by atomic mass is 32.2. The summed E-state index contributed by atoms with van der Waals surface area (Å²) in [5.74, 6) is 1.68. The fourth-order valence-corrected chi connectivity index (χ4v) is 3.10. The van der Waals surface area contributed by atoms with E-state index in [-0.39, 0.29) is 11.3 Å². The molecule has 0 aromatic carbocycles. The molecule has 1 aliphatic heterocycles. The van der Waals surface area contributed by atoms with Crippen molar-refractivity contribution in [2.75, 3.05) is 12.3 Å². The Kier molecular flexibility index (Phi) is 2.81.